The molecule has 0 bridgehead atoms. The van der Waals surface area contributed by atoms with Gasteiger partial charge in [-0.25, -0.2) is 18.4 Å². The summed E-state index contributed by atoms with van der Waals surface area (Å²) in [5.74, 6) is -1.44. The second-order valence-electron chi connectivity index (χ2n) is 7.33. The molecule has 1 fully saturated rings. The van der Waals surface area contributed by atoms with Crippen molar-refractivity contribution in [1.29, 1.82) is 0 Å². The van der Waals surface area contributed by atoms with E-state index in [4.69, 9.17) is 0 Å². The number of nitrogens with zero attached hydrogens (tertiary/aromatic N) is 4. The Labute approximate surface area is 175 Å². The van der Waals surface area contributed by atoms with Crippen LogP contribution in [-0.2, 0) is 16.2 Å². The van der Waals surface area contributed by atoms with Crippen LogP contribution in [-0.4, -0.2) is 40.8 Å². The summed E-state index contributed by atoms with van der Waals surface area (Å²) in [4.78, 5) is 11.5. The van der Waals surface area contributed by atoms with Crippen molar-refractivity contribution in [1.82, 2.24) is 19.3 Å². The van der Waals surface area contributed by atoms with Gasteiger partial charge >= 0.3 is 6.18 Å². The summed E-state index contributed by atoms with van der Waals surface area (Å²) >= 11 is 1.04. The van der Waals surface area contributed by atoms with E-state index < -0.39 is 22.0 Å². The lowest BCUT2D eigenvalue weighted by atomic mass is 9.90. The zero-order valence-corrected chi connectivity index (χ0v) is 17.9. The van der Waals surface area contributed by atoms with Crippen LogP contribution >= 0.6 is 11.3 Å². The fourth-order valence-corrected chi connectivity index (χ4v) is 6.14. The van der Waals surface area contributed by atoms with Gasteiger partial charge in [0.05, 0.1) is 22.9 Å². The lowest BCUT2D eigenvalue weighted by Gasteiger charge is -2.31. The third-order valence-electron chi connectivity index (χ3n) is 5.52. The maximum atomic E-state index is 13.5. The first-order chi connectivity index (χ1) is 14.1. The molecular weight excluding hydrogens is 437 g/mol. The number of fused-ring (bicyclic) bond motifs is 1. The minimum atomic E-state index is -4.66. The molecule has 11 heteroatoms. The number of aromatic nitrogens is 3. The first-order valence-corrected chi connectivity index (χ1v) is 11.6. The van der Waals surface area contributed by atoms with Crippen LogP contribution in [0.15, 0.2) is 28.0 Å². The van der Waals surface area contributed by atoms with Gasteiger partial charge in [-0.1, -0.05) is 12.1 Å². The third kappa shape index (κ3) is 3.69. The van der Waals surface area contributed by atoms with Crippen LogP contribution in [0.5, 0.6) is 0 Å². The second kappa shape index (κ2) is 7.54. The first kappa shape index (κ1) is 21.1. The highest BCUT2D eigenvalue weighted by Crippen LogP contribution is 2.37. The van der Waals surface area contributed by atoms with Crippen LogP contribution in [0.3, 0.4) is 0 Å². The number of halogens is 3. The minimum Gasteiger partial charge on any atom is -0.252 e. The molecule has 0 radical (unpaired) electrons. The van der Waals surface area contributed by atoms with E-state index in [9.17, 15) is 21.6 Å². The predicted molar refractivity (Wildman–Crippen MR) is 107 cm³/mol. The third-order valence-corrected chi connectivity index (χ3v) is 8.66. The Morgan fingerprint density at radius 2 is 1.83 bits per heavy atom. The Balaban J connectivity index is 1.70. The number of thiazole rings is 1. The Morgan fingerprint density at radius 3 is 2.43 bits per heavy atom. The van der Waals surface area contributed by atoms with E-state index >= 15 is 0 Å². The van der Waals surface area contributed by atoms with Crippen molar-refractivity contribution in [3.63, 3.8) is 0 Å². The molecule has 0 amide bonds. The van der Waals surface area contributed by atoms with Gasteiger partial charge in [-0.05, 0) is 37.8 Å². The molecule has 0 atom stereocenters. The number of sulfonamides is 1. The van der Waals surface area contributed by atoms with Crippen LogP contribution in [0.25, 0.3) is 10.9 Å². The quantitative estimate of drug-likeness (QED) is 0.588. The Morgan fingerprint density at radius 1 is 1.13 bits per heavy atom. The molecule has 3 heterocycles. The van der Waals surface area contributed by atoms with Gasteiger partial charge in [-0.15, -0.1) is 11.3 Å². The minimum absolute atomic E-state index is 0.166. The van der Waals surface area contributed by atoms with Crippen molar-refractivity contribution in [2.75, 3.05) is 13.1 Å². The fourth-order valence-electron chi connectivity index (χ4n) is 3.72. The first-order valence-electron chi connectivity index (χ1n) is 9.32. The molecule has 0 unspecified atom stereocenters. The summed E-state index contributed by atoms with van der Waals surface area (Å²) in [6, 6.07) is 3.61. The highest BCUT2D eigenvalue weighted by molar-refractivity contribution is 7.91. The van der Waals surface area contributed by atoms with Gasteiger partial charge in [0, 0.05) is 24.4 Å². The number of rotatable bonds is 3. The predicted octanol–water partition coefficient (Wildman–Crippen LogP) is 4.29. The van der Waals surface area contributed by atoms with E-state index in [0.717, 1.165) is 16.9 Å². The number of piperidine rings is 1. The van der Waals surface area contributed by atoms with Crippen LogP contribution in [0.1, 0.15) is 41.4 Å². The monoisotopic (exact) mass is 456 g/mol. The van der Waals surface area contributed by atoms with E-state index in [-0.39, 0.29) is 23.2 Å². The summed E-state index contributed by atoms with van der Waals surface area (Å²) < 4.78 is 67.3. The normalized spacial score (nSPS) is 17.0. The van der Waals surface area contributed by atoms with Crippen molar-refractivity contribution < 1.29 is 21.6 Å². The molecule has 3 aromatic rings. The standard InChI is InChI=1S/C19H19F3N4O2S2/c1-11-3-4-14-16(12(11)2)24-18(19(20,21)22)25-17(14)13-5-7-26(8-6-13)30(27,28)15-9-23-10-29-15/h3-4,9-10,13H,5-8H2,1-2H3. The second-order valence-corrected chi connectivity index (χ2v) is 10.4. The molecule has 0 spiro atoms. The zero-order valence-electron chi connectivity index (χ0n) is 16.3. The van der Waals surface area contributed by atoms with Crippen LogP contribution < -0.4 is 0 Å². The zero-order chi connectivity index (χ0) is 21.7. The molecule has 0 aliphatic carbocycles. The van der Waals surface area contributed by atoms with Crippen molar-refractivity contribution in [2.45, 2.75) is 43.0 Å². The Kier molecular flexibility index (Phi) is 5.31. The molecule has 1 saturated heterocycles. The average molecular weight is 457 g/mol. The van der Waals surface area contributed by atoms with Gasteiger partial charge in [-0.3, -0.25) is 4.98 Å². The summed E-state index contributed by atoms with van der Waals surface area (Å²) in [5, 5.41) is 0.592. The lowest BCUT2D eigenvalue weighted by Crippen LogP contribution is -2.37. The highest BCUT2D eigenvalue weighted by atomic mass is 32.2. The van der Waals surface area contributed by atoms with Crippen molar-refractivity contribution in [3.8, 4) is 0 Å². The molecule has 0 N–H and O–H groups in total. The fraction of sp³-hybridized carbons (Fsp3) is 0.421. The number of alkyl halides is 3. The molecule has 1 aromatic carbocycles. The average Bonchev–Trinajstić information content (AvgIpc) is 3.25. The molecular formula is C19H19F3N4O2S2. The summed E-state index contributed by atoms with van der Waals surface area (Å²) in [6.07, 6.45) is -2.58. The van der Waals surface area contributed by atoms with E-state index in [0.29, 0.717) is 35.0 Å². The van der Waals surface area contributed by atoms with Gasteiger partial charge in [0.15, 0.2) is 4.21 Å². The topological polar surface area (TPSA) is 76.1 Å². The summed E-state index contributed by atoms with van der Waals surface area (Å²) in [7, 11) is -3.63. The number of aryl methyl sites for hydroxylation is 2. The van der Waals surface area contributed by atoms with E-state index in [1.807, 2.05) is 13.0 Å². The van der Waals surface area contributed by atoms with E-state index in [1.54, 1.807) is 13.0 Å². The number of hydrogen-bond acceptors (Lipinski definition) is 6. The maximum Gasteiger partial charge on any atom is 0.451 e. The highest BCUT2D eigenvalue weighted by Gasteiger charge is 2.38. The van der Waals surface area contributed by atoms with Crippen LogP contribution in [0.2, 0.25) is 0 Å². The van der Waals surface area contributed by atoms with E-state index in [1.165, 1.54) is 16.0 Å². The molecule has 0 saturated carbocycles. The number of benzene rings is 1. The summed E-state index contributed by atoms with van der Waals surface area (Å²) in [6.45, 7) is 4.00. The Hall–Kier alpha value is -2.11. The van der Waals surface area contributed by atoms with Crippen molar-refractivity contribution >= 4 is 32.3 Å². The van der Waals surface area contributed by atoms with E-state index in [2.05, 4.69) is 15.0 Å². The van der Waals surface area contributed by atoms with Gasteiger partial charge in [0.1, 0.15) is 0 Å². The molecule has 1 aliphatic rings. The Bertz CT molecular complexity index is 1190. The van der Waals surface area contributed by atoms with Crippen LogP contribution in [0.4, 0.5) is 13.2 Å². The number of hydrogen-bond donors (Lipinski definition) is 0. The summed E-state index contributed by atoms with van der Waals surface area (Å²) in [5.41, 5.74) is 3.63. The van der Waals surface area contributed by atoms with Crippen molar-refractivity contribution in [2.24, 2.45) is 0 Å². The smallest absolute Gasteiger partial charge is 0.252 e. The van der Waals surface area contributed by atoms with Gasteiger partial charge in [0.2, 0.25) is 5.82 Å². The van der Waals surface area contributed by atoms with Gasteiger partial charge in [0.25, 0.3) is 10.0 Å². The molecule has 4 rings (SSSR count). The van der Waals surface area contributed by atoms with Crippen LogP contribution in [0, 0.1) is 13.8 Å². The molecule has 160 valence electrons. The van der Waals surface area contributed by atoms with Crippen molar-refractivity contribution in [3.05, 3.63) is 46.5 Å². The lowest BCUT2D eigenvalue weighted by molar-refractivity contribution is -0.144. The van der Waals surface area contributed by atoms with Gasteiger partial charge in [-0.2, -0.15) is 17.5 Å². The largest absolute Gasteiger partial charge is 0.451 e. The maximum absolute atomic E-state index is 13.5. The SMILES string of the molecule is Cc1ccc2c(C3CCN(S(=O)(=O)c4cncs4)CC3)nc(C(F)(F)F)nc2c1C. The molecule has 30 heavy (non-hydrogen) atoms. The molecule has 2 aromatic heterocycles. The molecule has 6 nitrogen and oxygen atoms in total. The molecule has 1 aliphatic heterocycles. The van der Waals surface area contributed by atoms with Gasteiger partial charge < -0.3 is 0 Å².